The van der Waals surface area contributed by atoms with Gasteiger partial charge in [-0.05, 0) is 31.5 Å². The maximum absolute atomic E-state index is 12.6. The molecule has 0 fully saturated rings. The summed E-state index contributed by atoms with van der Waals surface area (Å²) in [6, 6.07) is 10.7. The summed E-state index contributed by atoms with van der Waals surface area (Å²) < 4.78 is 10.5. The van der Waals surface area contributed by atoms with Crippen LogP contribution in [-0.2, 0) is 4.74 Å². The molecule has 0 aliphatic carbocycles. The first-order chi connectivity index (χ1) is 14.3. The van der Waals surface area contributed by atoms with Crippen molar-refractivity contribution >= 4 is 33.9 Å². The van der Waals surface area contributed by atoms with Crippen molar-refractivity contribution in [3.63, 3.8) is 0 Å². The first kappa shape index (κ1) is 20.8. The molecule has 0 bridgehead atoms. The number of hydrogen-bond donors (Lipinski definition) is 1. The number of benzene rings is 1. The first-order valence-electron chi connectivity index (χ1n) is 8.72. The molecule has 9 nitrogen and oxygen atoms in total. The molecule has 152 valence electrons. The summed E-state index contributed by atoms with van der Waals surface area (Å²) in [4.78, 5) is 35.3. The average molecular weight is 425 g/mol. The molecule has 1 aromatic carbocycles. The van der Waals surface area contributed by atoms with Crippen molar-refractivity contribution in [2.45, 2.75) is 13.8 Å². The number of carbonyl (C=O) groups is 2. The molecule has 10 heteroatoms. The van der Waals surface area contributed by atoms with E-state index in [-0.39, 0.29) is 39.3 Å². The molecule has 0 aliphatic rings. The van der Waals surface area contributed by atoms with E-state index in [1.165, 1.54) is 30.3 Å². The Bertz CT molecular complexity index is 1190. The van der Waals surface area contributed by atoms with Gasteiger partial charge < -0.3 is 14.5 Å². The second-order valence-corrected chi connectivity index (χ2v) is 7.04. The number of nitrogens with zero attached hydrogens (tertiary/aromatic N) is 2. The number of amides is 1. The first-order valence-corrected chi connectivity index (χ1v) is 9.54. The van der Waals surface area contributed by atoms with E-state index in [1.807, 2.05) is 6.07 Å². The fourth-order valence-corrected chi connectivity index (χ4v) is 3.73. The molecular formula is C20H15N3O6S. The summed E-state index contributed by atoms with van der Waals surface area (Å²) in [6.45, 7) is 3.46. The van der Waals surface area contributed by atoms with Crippen LogP contribution in [0.25, 0.3) is 11.3 Å². The normalized spacial score (nSPS) is 10.3. The lowest BCUT2D eigenvalue weighted by Gasteiger charge is -2.01. The third kappa shape index (κ3) is 4.06. The van der Waals surface area contributed by atoms with Gasteiger partial charge in [-0.2, -0.15) is 5.26 Å². The number of esters is 1. The van der Waals surface area contributed by atoms with Crippen molar-refractivity contribution < 1.29 is 23.7 Å². The van der Waals surface area contributed by atoms with Crippen molar-refractivity contribution in [2.24, 2.45) is 0 Å². The van der Waals surface area contributed by atoms with Crippen LogP contribution >= 0.6 is 11.3 Å². The zero-order valence-corrected chi connectivity index (χ0v) is 16.7. The Hall–Kier alpha value is -3.97. The maximum Gasteiger partial charge on any atom is 0.348 e. The molecule has 2 heterocycles. The molecular weight excluding hydrogens is 410 g/mol. The number of rotatable bonds is 6. The van der Waals surface area contributed by atoms with Crippen LogP contribution in [0.5, 0.6) is 0 Å². The number of nitriles is 1. The Balaban J connectivity index is 1.85. The van der Waals surface area contributed by atoms with Gasteiger partial charge in [0.25, 0.3) is 11.6 Å². The summed E-state index contributed by atoms with van der Waals surface area (Å²) in [5.41, 5.74) is 0.932. The Kier molecular flexibility index (Phi) is 5.94. The fourth-order valence-electron chi connectivity index (χ4n) is 2.68. The van der Waals surface area contributed by atoms with E-state index < -0.39 is 16.8 Å². The molecule has 2 aromatic heterocycles. The van der Waals surface area contributed by atoms with E-state index in [4.69, 9.17) is 9.15 Å². The number of nitro benzene ring substituents is 1. The van der Waals surface area contributed by atoms with Crippen LogP contribution in [0.1, 0.15) is 38.3 Å². The summed E-state index contributed by atoms with van der Waals surface area (Å²) >= 11 is 0.944. The number of non-ortho nitro benzene ring substituents is 1. The zero-order chi connectivity index (χ0) is 21.8. The quantitative estimate of drug-likeness (QED) is 0.348. The lowest BCUT2D eigenvalue weighted by Crippen LogP contribution is -2.10. The summed E-state index contributed by atoms with van der Waals surface area (Å²) in [7, 11) is 0. The van der Waals surface area contributed by atoms with Gasteiger partial charge in [0, 0.05) is 17.7 Å². The Morgan fingerprint density at radius 2 is 2.10 bits per heavy atom. The highest BCUT2D eigenvalue weighted by Crippen LogP contribution is 2.34. The van der Waals surface area contributed by atoms with Crippen molar-refractivity contribution in [2.75, 3.05) is 11.9 Å². The van der Waals surface area contributed by atoms with Crippen molar-refractivity contribution in [1.29, 1.82) is 5.26 Å². The number of thiophene rings is 1. The number of furan rings is 1. The lowest BCUT2D eigenvalue weighted by atomic mass is 10.1. The van der Waals surface area contributed by atoms with Gasteiger partial charge in [-0.25, -0.2) is 4.79 Å². The Morgan fingerprint density at radius 3 is 2.77 bits per heavy atom. The molecule has 30 heavy (non-hydrogen) atoms. The number of nitrogens with one attached hydrogen (secondary N) is 1. The molecule has 1 N–H and O–H groups in total. The minimum atomic E-state index is -0.625. The highest BCUT2D eigenvalue weighted by atomic mass is 32.1. The van der Waals surface area contributed by atoms with E-state index >= 15 is 0 Å². The van der Waals surface area contributed by atoms with Gasteiger partial charge in [0.05, 0.1) is 17.1 Å². The number of ether oxygens (including phenoxy) is 1. The molecule has 0 saturated carbocycles. The Morgan fingerprint density at radius 1 is 1.33 bits per heavy atom. The minimum absolute atomic E-state index is 0.0517. The lowest BCUT2D eigenvalue weighted by molar-refractivity contribution is -0.384. The molecule has 3 aromatic rings. The van der Waals surface area contributed by atoms with Gasteiger partial charge in [0.1, 0.15) is 21.7 Å². The van der Waals surface area contributed by atoms with E-state index in [1.54, 1.807) is 19.9 Å². The van der Waals surface area contributed by atoms with Crippen LogP contribution in [0.15, 0.2) is 40.8 Å². The third-order valence-corrected chi connectivity index (χ3v) is 5.31. The van der Waals surface area contributed by atoms with Crippen LogP contribution in [0.3, 0.4) is 0 Å². The van der Waals surface area contributed by atoms with Crippen molar-refractivity contribution in [3.8, 4) is 17.4 Å². The van der Waals surface area contributed by atoms with Gasteiger partial charge in [-0.15, -0.1) is 11.3 Å². The Labute approximate surface area is 174 Å². The summed E-state index contributed by atoms with van der Waals surface area (Å²) in [5.74, 6) is -0.967. The number of anilines is 1. The molecule has 1 amide bonds. The van der Waals surface area contributed by atoms with Crippen molar-refractivity contribution in [1.82, 2.24) is 0 Å². The van der Waals surface area contributed by atoms with Gasteiger partial charge >= 0.3 is 5.97 Å². The summed E-state index contributed by atoms with van der Waals surface area (Å²) in [5, 5.41) is 23.1. The summed E-state index contributed by atoms with van der Waals surface area (Å²) in [6.07, 6.45) is 0. The predicted molar refractivity (Wildman–Crippen MR) is 108 cm³/mol. The SMILES string of the molecule is CCOC(=O)c1sc(NC(=O)c2ccc(-c3cccc([N+](=O)[O-])c3)o2)c(C#N)c1C. The van der Waals surface area contributed by atoms with E-state index in [2.05, 4.69) is 5.32 Å². The third-order valence-electron chi connectivity index (χ3n) is 4.12. The van der Waals surface area contributed by atoms with Gasteiger partial charge in [-0.1, -0.05) is 12.1 Å². The minimum Gasteiger partial charge on any atom is -0.462 e. The molecule has 3 rings (SSSR count). The highest BCUT2D eigenvalue weighted by Gasteiger charge is 2.23. The molecule has 0 unspecified atom stereocenters. The van der Waals surface area contributed by atoms with E-state index in [0.29, 0.717) is 11.1 Å². The molecule has 0 saturated heterocycles. The van der Waals surface area contributed by atoms with Gasteiger partial charge in [0.15, 0.2) is 5.76 Å². The maximum atomic E-state index is 12.6. The largest absolute Gasteiger partial charge is 0.462 e. The smallest absolute Gasteiger partial charge is 0.348 e. The standard InChI is InChI=1S/C20H15N3O6S/c1-3-28-20(25)17-11(2)14(10-21)19(30-17)22-18(24)16-8-7-15(29-16)12-5-4-6-13(9-12)23(26)27/h4-9H,3H2,1-2H3,(H,22,24). The number of carbonyl (C=O) groups excluding carboxylic acids is 2. The van der Waals surface area contributed by atoms with Crippen LogP contribution in [0.4, 0.5) is 10.7 Å². The topological polar surface area (TPSA) is 135 Å². The van der Waals surface area contributed by atoms with Crippen LogP contribution in [0.2, 0.25) is 0 Å². The predicted octanol–water partition coefficient (Wildman–Crippen LogP) is 4.53. The van der Waals surface area contributed by atoms with Crippen LogP contribution in [0, 0.1) is 28.4 Å². The fraction of sp³-hybridized carbons (Fsp3) is 0.150. The second kappa shape index (κ2) is 8.59. The average Bonchev–Trinajstić information content (AvgIpc) is 3.33. The molecule has 0 radical (unpaired) electrons. The highest BCUT2D eigenvalue weighted by molar-refractivity contribution is 7.18. The number of nitro groups is 1. The van der Waals surface area contributed by atoms with Crippen molar-refractivity contribution in [3.05, 3.63) is 68.3 Å². The van der Waals surface area contributed by atoms with Gasteiger partial charge in [-0.3, -0.25) is 14.9 Å². The zero-order valence-electron chi connectivity index (χ0n) is 15.9. The molecule has 0 atom stereocenters. The van der Waals surface area contributed by atoms with Crippen LogP contribution < -0.4 is 5.32 Å². The molecule has 0 spiro atoms. The van der Waals surface area contributed by atoms with Crippen LogP contribution in [-0.4, -0.2) is 23.4 Å². The monoisotopic (exact) mass is 425 g/mol. The number of hydrogen-bond acceptors (Lipinski definition) is 8. The second-order valence-electron chi connectivity index (χ2n) is 6.02. The van der Waals surface area contributed by atoms with Gasteiger partial charge in [0.2, 0.25) is 0 Å². The molecule has 0 aliphatic heterocycles. The van der Waals surface area contributed by atoms with E-state index in [0.717, 1.165) is 11.3 Å². The van der Waals surface area contributed by atoms with E-state index in [9.17, 15) is 25.0 Å².